The largest absolute Gasteiger partial charge is 0.491 e. The van der Waals surface area contributed by atoms with Crippen molar-refractivity contribution in [3.05, 3.63) is 34.4 Å². The lowest BCUT2D eigenvalue weighted by Crippen LogP contribution is -2.15. The van der Waals surface area contributed by atoms with Gasteiger partial charge in [0.25, 0.3) is 5.69 Å². The Morgan fingerprint density at radius 1 is 0.521 bits per heavy atom. The van der Waals surface area contributed by atoms with Crippen LogP contribution in [0.2, 0.25) is 0 Å². The van der Waals surface area contributed by atoms with Crippen LogP contribution >= 0.6 is 0 Å². The monoisotopic (exact) mass is 689 g/mol. The molecule has 0 aliphatic carbocycles. The van der Waals surface area contributed by atoms with Crippen molar-refractivity contribution in [2.75, 3.05) is 119 Å². The van der Waals surface area contributed by atoms with Crippen molar-refractivity contribution in [2.24, 2.45) is 0 Å². The molecule has 0 N–H and O–H groups in total. The van der Waals surface area contributed by atoms with E-state index in [1.807, 2.05) is 0 Å². The molecule has 0 aliphatic rings. The van der Waals surface area contributed by atoms with Gasteiger partial charge in [0.2, 0.25) is 0 Å². The lowest BCUT2D eigenvalue weighted by Gasteiger charge is -2.09. The number of rotatable bonds is 37. The maximum absolute atomic E-state index is 11.7. The Kier molecular flexibility index (Phi) is 31.3. The van der Waals surface area contributed by atoms with E-state index < -0.39 is 4.92 Å². The van der Waals surface area contributed by atoms with E-state index in [1.54, 1.807) is 12.1 Å². The van der Waals surface area contributed by atoms with E-state index in [1.165, 1.54) is 44.2 Å². The van der Waals surface area contributed by atoms with Crippen molar-refractivity contribution in [1.29, 1.82) is 0 Å². The zero-order valence-electron chi connectivity index (χ0n) is 28.9. The van der Waals surface area contributed by atoms with Gasteiger partial charge in [-0.2, -0.15) is 0 Å². The minimum absolute atomic E-state index is 0.0243. The molecule has 0 spiro atoms. The van der Waals surface area contributed by atoms with E-state index in [0.717, 1.165) is 12.8 Å². The van der Waals surface area contributed by atoms with Crippen LogP contribution in [0.3, 0.4) is 0 Å². The number of ether oxygens (including phenoxy) is 10. The fraction of sp³-hybridized carbons (Fsp3) is 0.794. The van der Waals surface area contributed by atoms with Crippen LogP contribution in [-0.2, 0) is 47.4 Å². The highest BCUT2D eigenvalue weighted by molar-refractivity contribution is 5.69. The Balaban J connectivity index is 1.67. The molecular formula is C34H59NO13. The molecule has 0 radical (unpaired) electrons. The molecule has 0 aromatic heterocycles. The summed E-state index contributed by atoms with van der Waals surface area (Å²) in [6.45, 7) is 10.1. The smallest absolute Gasteiger partial charge is 0.305 e. The minimum atomic E-state index is -0.453. The van der Waals surface area contributed by atoms with Gasteiger partial charge in [0.15, 0.2) is 0 Å². The average molecular weight is 690 g/mol. The summed E-state index contributed by atoms with van der Waals surface area (Å²) in [6.07, 6.45) is 8.75. The highest BCUT2D eigenvalue weighted by Gasteiger charge is 2.05. The van der Waals surface area contributed by atoms with Crippen LogP contribution in [0.5, 0.6) is 5.75 Å². The molecule has 14 heteroatoms. The van der Waals surface area contributed by atoms with Crippen molar-refractivity contribution in [3.8, 4) is 5.75 Å². The molecule has 1 rings (SSSR count). The van der Waals surface area contributed by atoms with E-state index in [-0.39, 0.29) is 18.3 Å². The molecule has 278 valence electrons. The van der Waals surface area contributed by atoms with Gasteiger partial charge in [-0.3, -0.25) is 14.9 Å². The van der Waals surface area contributed by atoms with Crippen LogP contribution < -0.4 is 4.74 Å². The quantitative estimate of drug-likeness (QED) is 0.0408. The molecule has 0 saturated carbocycles. The number of carbonyl (C=O) groups is 1. The Morgan fingerprint density at radius 3 is 1.27 bits per heavy atom. The van der Waals surface area contributed by atoms with Crippen LogP contribution in [-0.4, -0.2) is 130 Å². The third-order valence-electron chi connectivity index (χ3n) is 6.62. The first-order chi connectivity index (χ1) is 23.6. The van der Waals surface area contributed by atoms with E-state index >= 15 is 0 Å². The van der Waals surface area contributed by atoms with Crippen molar-refractivity contribution in [3.63, 3.8) is 0 Å². The Hall–Kier alpha value is -2.43. The van der Waals surface area contributed by atoms with Gasteiger partial charge in [0.05, 0.1) is 111 Å². The van der Waals surface area contributed by atoms with E-state index in [2.05, 4.69) is 6.92 Å². The molecule has 0 unspecified atom stereocenters. The zero-order valence-corrected chi connectivity index (χ0v) is 28.9. The van der Waals surface area contributed by atoms with Gasteiger partial charge in [-0.25, -0.2) is 0 Å². The number of nitrogens with zero attached hydrogens (tertiary/aromatic N) is 1. The molecule has 0 bridgehead atoms. The van der Waals surface area contributed by atoms with Crippen molar-refractivity contribution in [2.45, 2.75) is 58.3 Å². The number of hydrogen-bond acceptors (Lipinski definition) is 13. The highest BCUT2D eigenvalue weighted by Crippen LogP contribution is 2.17. The predicted molar refractivity (Wildman–Crippen MR) is 179 cm³/mol. The number of unbranched alkanes of at least 4 members (excludes halogenated alkanes) is 6. The average Bonchev–Trinajstić information content (AvgIpc) is 3.09. The summed E-state index contributed by atoms with van der Waals surface area (Å²) in [5.74, 6) is 0.407. The summed E-state index contributed by atoms with van der Waals surface area (Å²) in [6, 6.07) is 5.91. The third-order valence-corrected chi connectivity index (χ3v) is 6.62. The normalized spacial score (nSPS) is 11.2. The van der Waals surface area contributed by atoms with E-state index in [4.69, 9.17) is 47.4 Å². The summed E-state index contributed by atoms with van der Waals surface area (Å²) >= 11 is 0. The van der Waals surface area contributed by atoms with Crippen molar-refractivity contribution in [1.82, 2.24) is 0 Å². The second kappa shape index (κ2) is 34.4. The summed E-state index contributed by atoms with van der Waals surface area (Å²) in [7, 11) is 0. The van der Waals surface area contributed by atoms with Gasteiger partial charge >= 0.3 is 5.97 Å². The van der Waals surface area contributed by atoms with Crippen LogP contribution in [0.1, 0.15) is 58.3 Å². The summed E-state index contributed by atoms with van der Waals surface area (Å²) in [5.41, 5.74) is 0.0243. The maximum Gasteiger partial charge on any atom is 0.305 e. The van der Waals surface area contributed by atoms with Crippen LogP contribution in [0.4, 0.5) is 5.69 Å². The van der Waals surface area contributed by atoms with E-state index in [9.17, 15) is 14.9 Å². The molecule has 0 amide bonds. The standard InChI is InChI=1S/C34H59NO13/c1-2-3-4-5-6-7-8-9-34(36)48-31-29-46-27-25-44-23-21-42-19-17-40-15-14-39-16-18-41-20-22-43-24-26-45-28-30-47-33-12-10-32(11-13-33)35(37)38/h10-13H,2-9,14-31H2,1H3. The fourth-order valence-corrected chi connectivity index (χ4v) is 4.04. The first-order valence-corrected chi connectivity index (χ1v) is 17.3. The summed E-state index contributed by atoms with van der Waals surface area (Å²) < 4.78 is 54.3. The molecule has 14 nitrogen and oxygen atoms in total. The number of carbonyl (C=O) groups excluding carboxylic acids is 1. The fourth-order valence-electron chi connectivity index (χ4n) is 4.04. The van der Waals surface area contributed by atoms with Crippen LogP contribution in [0.25, 0.3) is 0 Å². The number of nitro benzene ring substituents is 1. The molecular weight excluding hydrogens is 630 g/mol. The molecule has 0 fully saturated rings. The SMILES string of the molecule is CCCCCCCCCC(=O)OCCOCCOCCOCCOCCOCCOCCOCCOCCOc1ccc([N+](=O)[O-])cc1. The first kappa shape index (κ1) is 43.6. The van der Waals surface area contributed by atoms with Gasteiger partial charge in [0.1, 0.15) is 19.0 Å². The second-order valence-corrected chi connectivity index (χ2v) is 10.6. The molecule has 48 heavy (non-hydrogen) atoms. The van der Waals surface area contributed by atoms with Gasteiger partial charge < -0.3 is 47.4 Å². The van der Waals surface area contributed by atoms with Gasteiger partial charge in [-0.1, -0.05) is 45.4 Å². The minimum Gasteiger partial charge on any atom is -0.491 e. The predicted octanol–water partition coefficient (Wildman–Crippen LogP) is 4.79. The van der Waals surface area contributed by atoms with Crippen molar-refractivity contribution < 1.29 is 57.1 Å². The number of non-ortho nitro benzene ring substituents is 1. The number of hydrogen-bond donors (Lipinski definition) is 0. The topological polar surface area (TPSA) is 153 Å². The molecule has 1 aromatic carbocycles. The van der Waals surface area contributed by atoms with E-state index in [0.29, 0.717) is 124 Å². The number of esters is 1. The summed E-state index contributed by atoms with van der Waals surface area (Å²) in [4.78, 5) is 21.9. The van der Waals surface area contributed by atoms with Crippen LogP contribution in [0.15, 0.2) is 24.3 Å². The Bertz CT molecular complexity index is 860. The second-order valence-electron chi connectivity index (χ2n) is 10.6. The van der Waals surface area contributed by atoms with Gasteiger partial charge in [-0.15, -0.1) is 0 Å². The zero-order chi connectivity index (χ0) is 34.6. The summed E-state index contributed by atoms with van der Waals surface area (Å²) in [5, 5.41) is 10.6. The molecule has 0 heterocycles. The number of benzene rings is 1. The van der Waals surface area contributed by atoms with Crippen LogP contribution in [0, 0.1) is 10.1 Å². The third kappa shape index (κ3) is 29.7. The lowest BCUT2D eigenvalue weighted by atomic mass is 10.1. The van der Waals surface area contributed by atoms with Crippen molar-refractivity contribution >= 4 is 11.7 Å². The molecule has 0 atom stereocenters. The van der Waals surface area contributed by atoms with Gasteiger partial charge in [-0.05, 0) is 18.6 Å². The number of nitro groups is 1. The van der Waals surface area contributed by atoms with Gasteiger partial charge in [0, 0.05) is 18.6 Å². The lowest BCUT2D eigenvalue weighted by molar-refractivity contribution is -0.384. The maximum atomic E-state index is 11.7. The molecule has 1 aromatic rings. The Morgan fingerprint density at radius 2 is 0.875 bits per heavy atom. The Labute approximate surface area is 286 Å². The molecule has 0 aliphatic heterocycles. The first-order valence-electron chi connectivity index (χ1n) is 17.3. The molecule has 0 saturated heterocycles. The highest BCUT2D eigenvalue weighted by atomic mass is 16.6.